The second-order valence-electron chi connectivity index (χ2n) is 4.58. The first-order valence-electron chi connectivity index (χ1n) is 5.89. The lowest BCUT2D eigenvalue weighted by Crippen LogP contribution is -2.16. The molecule has 0 bridgehead atoms. The summed E-state index contributed by atoms with van der Waals surface area (Å²) >= 11 is 0. The fourth-order valence-corrected chi connectivity index (χ4v) is 1.94. The number of benzene rings is 1. The normalized spacial score (nSPS) is 12.3. The van der Waals surface area contributed by atoms with E-state index < -0.39 is 0 Å². The van der Waals surface area contributed by atoms with Crippen LogP contribution in [0.5, 0.6) is 5.75 Å². The van der Waals surface area contributed by atoms with Gasteiger partial charge in [0, 0.05) is 18.0 Å². The molecule has 0 saturated heterocycles. The maximum absolute atomic E-state index is 12.0. The van der Waals surface area contributed by atoms with E-state index in [1.807, 2.05) is 32.9 Å². The lowest BCUT2D eigenvalue weighted by Gasteiger charge is -2.11. The second-order valence-corrected chi connectivity index (χ2v) is 4.58. The van der Waals surface area contributed by atoms with E-state index in [2.05, 4.69) is 0 Å². The highest BCUT2D eigenvalue weighted by molar-refractivity contribution is 5.96. The van der Waals surface area contributed by atoms with Crippen LogP contribution >= 0.6 is 0 Å². The van der Waals surface area contributed by atoms with Gasteiger partial charge in [-0.15, -0.1) is 0 Å². The van der Waals surface area contributed by atoms with Gasteiger partial charge in [-0.25, -0.2) is 0 Å². The summed E-state index contributed by atoms with van der Waals surface area (Å²) in [6, 6.07) is 3.84. The first kappa shape index (κ1) is 13.7. The largest absolute Gasteiger partial charge is 0.496 e. The molecule has 1 atom stereocenters. The zero-order chi connectivity index (χ0) is 13.0. The molecule has 1 aromatic carbocycles. The van der Waals surface area contributed by atoms with Crippen molar-refractivity contribution in [1.82, 2.24) is 0 Å². The van der Waals surface area contributed by atoms with Crippen molar-refractivity contribution in [3.8, 4) is 5.75 Å². The minimum Gasteiger partial charge on any atom is -0.496 e. The van der Waals surface area contributed by atoms with Crippen molar-refractivity contribution >= 4 is 5.78 Å². The van der Waals surface area contributed by atoms with Crippen LogP contribution in [0.1, 0.15) is 41.3 Å². The molecule has 3 nitrogen and oxygen atoms in total. The smallest absolute Gasteiger partial charge is 0.162 e. The number of Topliss-reactive ketones (excluding diaryl/α,β-unsaturated/α-hetero) is 1. The molecule has 1 aromatic rings. The first-order chi connectivity index (χ1) is 7.95. The van der Waals surface area contributed by atoms with Gasteiger partial charge in [0.25, 0.3) is 0 Å². The third kappa shape index (κ3) is 3.56. The molecule has 0 heterocycles. The van der Waals surface area contributed by atoms with Gasteiger partial charge in [-0.05, 0) is 50.5 Å². The van der Waals surface area contributed by atoms with Crippen molar-refractivity contribution in [3.05, 3.63) is 28.8 Å². The molecule has 2 N–H and O–H groups in total. The Hall–Kier alpha value is -1.35. The third-order valence-electron chi connectivity index (χ3n) is 2.81. The summed E-state index contributed by atoms with van der Waals surface area (Å²) in [5.74, 6) is 1.00. The Morgan fingerprint density at radius 1 is 1.35 bits per heavy atom. The van der Waals surface area contributed by atoms with E-state index in [-0.39, 0.29) is 11.8 Å². The third-order valence-corrected chi connectivity index (χ3v) is 2.81. The average molecular weight is 235 g/mol. The molecule has 0 fully saturated rings. The van der Waals surface area contributed by atoms with Crippen LogP contribution in [-0.2, 0) is 0 Å². The van der Waals surface area contributed by atoms with E-state index in [4.69, 9.17) is 10.5 Å². The number of carbonyl (C=O) groups is 1. The van der Waals surface area contributed by atoms with Crippen LogP contribution in [0.15, 0.2) is 12.1 Å². The Balaban J connectivity index is 2.89. The minimum atomic E-state index is 0.0689. The molecule has 1 unspecified atom stereocenters. The number of aryl methyl sites for hydroxylation is 2. The van der Waals surface area contributed by atoms with Crippen LogP contribution < -0.4 is 10.5 Å². The lowest BCUT2D eigenvalue weighted by atomic mass is 9.99. The van der Waals surface area contributed by atoms with Gasteiger partial charge in [-0.2, -0.15) is 0 Å². The second kappa shape index (κ2) is 5.82. The van der Waals surface area contributed by atoms with Gasteiger partial charge in [0.15, 0.2) is 5.78 Å². The quantitative estimate of drug-likeness (QED) is 0.798. The van der Waals surface area contributed by atoms with Gasteiger partial charge in [0.1, 0.15) is 5.75 Å². The number of methoxy groups -OCH3 is 1. The number of ketones is 1. The van der Waals surface area contributed by atoms with E-state index in [1.54, 1.807) is 7.11 Å². The number of rotatable bonds is 5. The monoisotopic (exact) mass is 235 g/mol. The molecule has 0 aliphatic rings. The summed E-state index contributed by atoms with van der Waals surface area (Å²) in [6.45, 7) is 5.82. The van der Waals surface area contributed by atoms with Crippen LogP contribution in [0.4, 0.5) is 0 Å². The number of hydrogen-bond acceptors (Lipinski definition) is 3. The number of nitrogens with two attached hydrogens (primary N) is 1. The first-order valence-corrected chi connectivity index (χ1v) is 5.89. The molecule has 17 heavy (non-hydrogen) atoms. The molecule has 0 saturated carbocycles. The molecule has 0 spiro atoms. The number of hydrogen-bond donors (Lipinski definition) is 1. The summed E-state index contributed by atoms with van der Waals surface area (Å²) in [4.78, 5) is 12.0. The van der Waals surface area contributed by atoms with Crippen LogP contribution in [-0.4, -0.2) is 18.9 Å². The Bertz CT molecular complexity index is 388. The summed E-state index contributed by atoms with van der Waals surface area (Å²) in [7, 11) is 1.65. The topological polar surface area (TPSA) is 52.3 Å². The van der Waals surface area contributed by atoms with Gasteiger partial charge in [-0.1, -0.05) is 0 Å². The van der Waals surface area contributed by atoms with Gasteiger partial charge in [0.2, 0.25) is 0 Å². The molecule has 0 amide bonds. The van der Waals surface area contributed by atoms with Gasteiger partial charge in [0.05, 0.1) is 7.11 Å². The maximum atomic E-state index is 12.0. The molecule has 0 aromatic heterocycles. The molecule has 0 radical (unpaired) electrons. The molecular formula is C14H21NO2. The van der Waals surface area contributed by atoms with Crippen LogP contribution in [0.2, 0.25) is 0 Å². The van der Waals surface area contributed by atoms with E-state index in [0.717, 1.165) is 28.9 Å². The molecule has 1 rings (SSSR count). The van der Waals surface area contributed by atoms with Crippen molar-refractivity contribution in [2.45, 2.75) is 39.7 Å². The highest BCUT2D eigenvalue weighted by Gasteiger charge is 2.11. The molecule has 0 aliphatic carbocycles. The zero-order valence-corrected chi connectivity index (χ0v) is 11.0. The maximum Gasteiger partial charge on any atom is 0.162 e. The van der Waals surface area contributed by atoms with Crippen molar-refractivity contribution in [2.75, 3.05) is 7.11 Å². The summed E-state index contributed by atoms with van der Waals surface area (Å²) in [6.07, 6.45) is 1.23. The summed E-state index contributed by atoms with van der Waals surface area (Å²) in [5, 5.41) is 0. The summed E-state index contributed by atoms with van der Waals surface area (Å²) < 4.78 is 5.28. The van der Waals surface area contributed by atoms with Gasteiger partial charge >= 0.3 is 0 Å². The van der Waals surface area contributed by atoms with Crippen LogP contribution in [0.25, 0.3) is 0 Å². The Kier molecular flexibility index (Phi) is 4.70. The van der Waals surface area contributed by atoms with Crippen molar-refractivity contribution in [1.29, 1.82) is 0 Å². The van der Waals surface area contributed by atoms with Gasteiger partial charge < -0.3 is 10.5 Å². The Morgan fingerprint density at radius 2 is 1.88 bits per heavy atom. The number of carbonyl (C=O) groups excluding carboxylic acids is 1. The van der Waals surface area contributed by atoms with Crippen LogP contribution in [0, 0.1) is 13.8 Å². The predicted octanol–water partition coefficient (Wildman–Crippen LogP) is 2.62. The minimum absolute atomic E-state index is 0.0689. The van der Waals surface area contributed by atoms with Crippen molar-refractivity contribution < 1.29 is 9.53 Å². The zero-order valence-electron chi connectivity index (χ0n) is 11.0. The molecular weight excluding hydrogens is 214 g/mol. The lowest BCUT2D eigenvalue weighted by molar-refractivity contribution is 0.0978. The van der Waals surface area contributed by atoms with Gasteiger partial charge in [-0.3, -0.25) is 4.79 Å². The van der Waals surface area contributed by atoms with E-state index in [1.165, 1.54) is 0 Å². The van der Waals surface area contributed by atoms with E-state index >= 15 is 0 Å². The molecule has 94 valence electrons. The molecule has 3 heteroatoms. The highest BCUT2D eigenvalue weighted by atomic mass is 16.5. The van der Waals surface area contributed by atoms with E-state index in [9.17, 15) is 4.79 Å². The fraction of sp³-hybridized carbons (Fsp3) is 0.500. The van der Waals surface area contributed by atoms with E-state index in [0.29, 0.717) is 6.42 Å². The molecule has 0 aliphatic heterocycles. The Morgan fingerprint density at radius 3 is 2.29 bits per heavy atom. The fourth-order valence-electron chi connectivity index (χ4n) is 1.94. The number of ether oxygens (including phenoxy) is 1. The average Bonchev–Trinajstić information content (AvgIpc) is 2.25. The van der Waals surface area contributed by atoms with Crippen LogP contribution in [0.3, 0.4) is 0 Å². The predicted molar refractivity (Wildman–Crippen MR) is 69.7 cm³/mol. The Labute approximate surface area is 103 Å². The van der Waals surface area contributed by atoms with Crippen molar-refractivity contribution in [2.24, 2.45) is 5.73 Å². The highest BCUT2D eigenvalue weighted by Crippen LogP contribution is 2.25. The SMILES string of the molecule is COc1c(C)cc(C(=O)CCC(C)N)cc1C. The summed E-state index contributed by atoms with van der Waals surface area (Å²) in [5.41, 5.74) is 8.40. The van der Waals surface area contributed by atoms with Crippen molar-refractivity contribution in [3.63, 3.8) is 0 Å². The standard InChI is InChI=1S/C14H21NO2/c1-9-7-12(8-10(2)14(9)17-4)13(16)6-5-11(3)15/h7-8,11H,5-6,15H2,1-4H3.